The summed E-state index contributed by atoms with van der Waals surface area (Å²) in [5.41, 5.74) is 0.119. The minimum absolute atomic E-state index is 0.00570. The summed E-state index contributed by atoms with van der Waals surface area (Å²) in [6, 6.07) is 11.8. The minimum atomic E-state index is -0.592. The number of nitrogens with one attached hydrogen (secondary N) is 1. The van der Waals surface area contributed by atoms with Crippen molar-refractivity contribution in [3.8, 4) is 0 Å². The second-order valence-corrected chi connectivity index (χ2v) is 7.60. The molecule has 3 rings (SSSR count). The standard InChI is InChI=1S/C19H14FN3O4S2/c20-13-6-2-1-5-12(13)11-16-18(25)22(19(28)29-16)10-9-17(24)21-14-7-3-4-8-15(14)23(26)27/h1-8,11H,9-10H2,(H,21,24)/b16-11+. The minimum Gasteiger partial charge on any atom is -0.320 e. The quantitative estimate of drug-likeness (QED) is 0.322. The lowest BCUT2D eigenvalue weighted by Crippen LogP contribution is -2.31. The van der Waals surface area contributed by atoms with Crippen molar-refractivity contribution in [3.63, 3.8) is 0 Å². The van der Waals surface area contributed by atoms with Crippen molar-refractivity contribution in [1.29, 1.82) is 0 Å². The maximum atomic E-state index is 13.8. The van der Waals surface area contributed by atoms with Crippen LogP contribution >= 0.6 is 24.0 Å². The predicted molar refractivity (Wildman–Crippen MR) is 113 cm³/mol. The molecular weight excluding hydrogens is 417 g/mol. The molecule has 0 atom stereocenters. The molecule has 2 aromatic rings. The lowest BCUT2D eigenvalue weighted by Gasteiger charge is -2.14. The average molecular weight is 431 g/mol. The van der Waals surface area contributed by atoms with E-state index in [-0.39, 0.29) is 39.1 Å². The largest absolute Gasteiger partial charge is 0.320 e. The molecule has 0 radical (unpaired) electrons. The highest BCUT2D eigenvalue weighted by atomic mass is 32.2. The van der Waals surface area contributed by atoms with E-state index in [0.29, 0.717) is 0 Å². The molecule has 1 fully saturated rings. The van der Waals surface area contributed by atoms with E-state index in [9.17, 15) is 24.1 Å². The van der Waals surface area contributed by atoms with Crippen LogP contribution in [0.3, 0.4) is 0 Å². The number of carbonyl (C=O) groups excluding carboxylic acids is 2. The second-order valence-electron chi connectivity index (χ2n) is 5.93. The fraction of sp³-hybridized carbons (Fsp3) is 0.105. The van der Waals surface area contributed by atoms with Crippen molar-refractivity contribution >= 4 is 57.6 Å². The van der Waals surface area contributed by atoms with E-state index in [1.165, 1.54) is 35.2 Å². The zero-order valence-electron chi connectivity index (χ0n) is 14.8. The predicted octanol–water partition coefficient (Wildman–Crippen LogP) is 3.96. The number of anilines is 1. The first kappa shape index (κ1) is 20.6. The third-order valence-corrected chi connectivity index (χ3v) is 5.38. The van der Waals surface area contributed by atoms with Gasteiger partial charge in [0.25, 0.3) is 11.6 Å². The lowest BCUT2D eigenvalue weighted by atomic mass is 10.2. The Kier molecular flexibility index (Phi) is 6.35. The maximum Gasteiger partial charge on any atom is 0.292 e. The number of nitrogens with zero attached hydrogens (tertiary/aromatic N) is 2. The normalized spacial score (nSPS) is 15.1. The number of thiocarbonyl (C=S) groups is 1. The number of hydrogen-bond acceptors (Lipinski definition) is 6. The maximum absolute atomic E-state index is 13.8. The Balaban J connectivity index is 1.65. The Bertz CT molecular complexity index is 1040. The van der Waals surface area contributed by atoms with Crippen molar-refractivity contribution < 1.29 is 18.9 Å². The SMILES string of the molecule is O=C(CCN1C(=O)/C(=C\c2ccccc2F)SC1=S)Nc1ccccc1[N+](=O)[O-]. The first-order chi connectivity index (χ1) is 13.9. The Morgan fingerprint density at radius 3 is 2.66 bits per heavy atom. The third-order valence-electron chi connectivity index (χ3n) is 4.00. The topological polar surface area (TPSA) is 92.6 Å². The van der Waals surface area contributed by atoms with Gasteiger partial charge in [-0.3, -0.25) is 24.6 Å². The summed E-state index contributed by atoms with van der Waals surface area (Å²) in [5, 5.41) is 13.5. The first-order valence-electron chi connectivity index (χ1n) is 8.40. The van der Waals surface area contributed by atoms with Crippen LogP contribution in [0, 0.1) is 15.9 Å². The molecule has 0 saturated carbocycles. The second kappa shape index (κ2) is 8.93. The Hall–Kier alpha value is -3.11. The van der Waals surface area contributed by atoms with Gasteiger partial charge >= 0.3 is 0 Å². The Morgan fingerprint density at radius 2 is 1.93 bits per heavy atom. The fourth-order valence-electron chi connectivity index (χ4n) is 2.59. The highest BCUT2D eigenvalue weighted by Gasteiger charge is 2.32. The third kappa shape index (κ3) is 4.84. The van der Waals surface area contributed by atoms with Gasteiger partial charge in [-0.2, -0.15) is 0 Å². The van der Waals surface area contributed by atoms with Crippen molar-refractivity contribution in [3.05, 3.63) is 74.9 Å². The Morgan fingerprint density at radius 1 is 1.24 bits per heavy atom. The van der Waals surface area contributed by atoms with Crippen LogP contribution in [-0.2, 0) is 9.59 Å². The summed E-state index contributed by atoms with van der Waals surface area (Å²) in [4.78, 5) is 36.7. The van der Waals surface area contributed by atoms with Gasteiger partial charge in [0.15, 0.2) is 0 Å². The van der Waals surface area contributed by atoms with E-state index in [1.54, 1.807) is 24.3 Å². The van der Waals surface area contributed by atoms with E-state index < -0.39 is 22.6 Å². The van der Waals surface area contributed by atoms with E-state index in [4.69, 9.17) is 12.2 Å². The summed E-state index contributed by atoms with van der Waals surface area (Å²) >= 11 is 6.22. The van der Waals surface area contributed by atoms with Crippen LogP contribution in [0.1, 0.15) is 12.0 Å². The zero-order chi connectivity index (χ0) is 21.0. The van der Waals surface area contributed by atoms with Crippen LogP contribution in [0.4, 0.5) is 15.8 Å². The molecule has 2 amide bonds. The van der Waals surface area contributed by atoms with Crippen molar-refractivity contribution in [1.82, 2.24) is 4.90 Å². The molecule has 7 nitrogen and oxygen atoms in total. The summed E-state index contributed by atoms with van der Waals surface area (Å²) in [7, 11) is 0. The van der Waals surface area contributed by atoms with Gasteiger partial charge < -0.3 is 5.32 Å². The van der Waals surface area contributed by atoms with Crippen LogP contribution < -0.4 is 5.32 Å². The number of amides is 2. The molecular formula is C19H14FN3O4S2. The molecule has 0 bridgehead atoms. The average Bonchev–Trinajstić information content (AvgIpc) is 2.95. The first-order valence-corrected chi connectivity index (χ1v) is 9.62. The number of carbonyl (C=O) groups is 2. The van der Waals surface area contributed by atoms with Gasteiger partial charge in [-0.15, -0.1) is 0 Å². The van der Waals surface area contributed by atoms with Crippen LogP contribution in [0.25, 0.3) is 6.08 Å². The number of nitro groups is 1. The number of benzene rings is 2. The van der Waals surface area contributed by atoms with Gasteiger partial charge in [0, 0.05) is 24.6 Å². The lowest BCUT2D eigenvalue weighted by molar-refractivity contribution is -0.383. The molecule has 1 N–H and O–H groups in total. The van der Waals surface area contributed by atoms with Gasteiger partial charge in [-0.1, -0.05) is 54.3 Å². The summed E-state index contributed by atoms with van der Waals surface area (Å²) in [6.07, 6.45) is 1.31. The highest BCUT2D eigenvalue weighted by molar-refractivity contribution is 8.26. The van der Waals surface area contributed by atoms with Gasteiger partial charge in [0.05, 0.1) is 9.83 Å². The van der Waals surface area contributed by atoms with Crippen LogP contribution in [0.15, 0.2) is 53.4 Å². The van der Waals surface area contributed by atoms with E-state index in [2.05, 4.69) is 5.32 Å². The van der Waals surface area contributed by atoms with E-state index in [1.807, 2.05) is 0 Å². The molecule has 2 aromatic carbocycles. The molecule has 1 saturated heterocycles. The van der Waals surface area contributed by atoms with Gasteiger partial charge in [0.2, 0.25) is 5.91 Å². The molecule has 148 valence electrons. The molecule has 1 heterocycles. The Labute approximate surface area is 174 Å². The smallest absolute Gasteiger partial charge is 0.292 e. The van der Waals surface area contributed by atoms with E-state index >= 15 is 0 Å². The van der Waals surface area contributed by atoms with E-state index in [0.717, 1.165) is 11.8 Å². The molecule has 1 aliphatic heterocycles. The highest BCUT2D eigenvalue weighted by Crippen LogP contribution is 2.33. The summed E-state index contributed by atoms with van der Waals surface area (Å²) < 4.78 is 14.1. The van der Waals surface area contributed by atoms with Crippen molar-refractivity contribution in [2.24, 2.45) is 0 Å². The van der Waals surface area contributed by atoms with Crippen LogP contribution in [0.2, 0.25) is 0 Å². The zero-order valence-corrected chi connectivity index (χ0v) is 16.5. The fourth-order valence-corrected chi connectivity index (χ4v) is 3.89. The molecule has 10 heteroatoms. The number of hydrogen-bond donors (Lipinski definition) is 1. The van der Waals surface area contributed by atoms with Crippen molar-refractivity contribution in [2.75, 3.05) is 11.9 Å². The molecule has 1 aliphatic rings. The molecule has 0 unspecified atom stereocenters. The van der Waals surface area contributed by atoms with Crippen molar-refractivity contribution in [2.45, 2.75) is 6.42 Å². The number of rotatable bonds is 6. The van der Waals surface area contributed by atoms with Crippen LogP contribution in [-0.4, -0.2) is 32.5 Å². The number of para-hydroxylation sites is 2. The van der Waals surface area contributed by atoms with Crippen LogP contribution in [0.5, 0.6) is 0 Å². The van der Waals surface area contributed by atoms with Gasteiger partial charge in [0.1, 0.15) is 15.8 Å². The molecule has 29 heavy (non-hydrogen) atoms. The summed E-state index contributed by atoms with van der Waals surface area (Å²) in [6.45, 7) is 0.00570. The number of nitro benzene ring substituents is 1. The molecule has 0 aromatic heterocycles. The molecule has 0 spiro atoms. The summed E-state index contributed by atoms with van der Waals surface area (Å²) in [5.74, 6) is -1.37. The van der Waals surface area contributed by atoms with Gasteiger partial charge in [-0.25, -0.2) is 4.39 Å². The number of halogens is 1. The molecule has 0 aliphatic carbocycles. The number of thioether (sulfide) groups is 1. The van der Waals surface area contributed by atoms with Gasteiger partial charge in [-0.05, 0) is 18.2 Å². The monoisotopic (exact) mass is 431 g/mol.